The van der Waals surface area contributed by atoms with Crippen molar-refractivity contribution in [1.82, 2.24) is 19.4 Å². The smallest absolute Gasteiger partial charge is 0.240 e. The van der Waals surface area contributed by atoms with Crippen molar-refractivity contribution in [3.05, 3.63) is 29.8 Å². The van der Waals surface area contributed by atoms with Gasteiger partial charge in [-0.15, -0.1) is 0 Å². The number of hydrogen-bond acceptors (Lipinski definition) is 5. The third-order valence-corrected chi connectivity index (χ3v) is 7.34. The number of nitrogens with zero attached hydrogens (tertiary/aromatic N) is 3. The summed E-state index contributed by atoms with van der Waals surface area (Å²) < 4.78 is 27.6. The highest BCUT2D eigenvalue weighted by molar-refractivity contribution is 7.89. The van der Waals surface area contributed by atoms with E-state index in [0.29, 0.717) is 45.8 Å². The normalized spacial score (nSPS) is 15.6. The van der Waals surface area contributed by atoms with Gasteiger partial charge in [0.15, 0.2) is 0 Å². The number of benzene rings is 1. The second-order valence-corrected chi connectivity index (χ2v) is 10.9. The van der Waals surface area contributed by atoms with Crippen LogP contribution in [0.1, 0.15) is 46.6 Å². The predicted molar refractivity (Wildman–Crippen MR) is 126 cm³/mol. The predicted octanol–water partition coefficient (Wildman–Crippen LogP) is 1.67. The van der Waals surface area contributed by atoms with Crippen LogP contribution in [0.2, 0.25) is 0 Å². The van der Waals surface area contributed by atoms with E-state index >= 15 is 0 Å². The minimum absolute atomic E-state index is 0.0508. The molecule has 1 fully saturated rings. The number of carbonyl (C=O) groups is 2. The highest BCUT2D eigenvalue weighted by Gasteiger charge is 2.24. The maximum absolute atomic E-state index is 12.5. The summed E-state index contributed by atoms with van der Waals surface area (Å²) in [5, 5.41) is 0. The van der Waals surface area contributed by atoms with Gasteiger partial charge in [0.1, 0.15) is 0 Å². The first-order valence-corrected chi connectivity index (χ1v) is 12.8. The highest BCUT2D eigenvalue weighted by Crippen LogP contribution is 2.23. The zero-order chi connectivity index (χ0) is 23.9. The third-order valence-electron chi connectivity index (χ3n) is 5.86. The van der Waals surface area contributed by atoms with Crippen LogP contribution in [0, 0.1) is 0 Å². The van der Waals surface area contributed by atoms with E-state index < -0.39 is 10.0 Å². The lowest BCUT2D eigenvalue weighted by molar-refractivity contribution is -0.134. The molecular weight excluding hydrogens is 428 g/mol. The van der Waals surface area contributed by atoms with E-state index in [-0.39, 0.29) is 35.1 Å². The maximum atomic E-state index is 12.5. The Labute approximate surface area is 193 Å². The molecule has 8 nitrogen and oxygen atoms in total. The first kappa shape index (κ1) is 26.3. The molecule has 1 saturated heterocycles. The summed E-state index contributed by atoms with van der Waals surface area (Å²) in [7, 11) is -3.66. The number of sulfonamides is 1. The number of amides is 2. The van der Waals surface area contributed by atoms with Crippen LogP contribution in [0.25, 0.3) is 0 Å². The Morgan fingerprint density at radius 1 is 1.00 bits per heavy atom. The number of piperazine rings is 1. The van der Waals surface area contributed by atoms with Gasteiger partial charge >= 0.3 is 0 Å². The van der Waals surface area contributed by atoms with E-state index in [2.05, 4.69) is 30.4 Å². The molecule has 2 rings (SSSR count). The largest absolute Gasteiger partial charge is 0.342 e. The summed E-state index contributed by atoms with van der Waals surface area (Å²) in [5.41, 5.74) is 1.01. The molecule has 0 unspecified atom stereocenters. The number of rotatable bonds is 9. The van der Waals surface area contributed by atoms with E-state index in [1.54, 1.807) is 21.9 Å². The van der Waals surface area contributed by atoms with Crippen molar-refractivity contribution < 1.29 is 18.0 Å². The summed E-state index contributed by atoms with van der Waals surface area (Å²) in [6.45, 7) is 14.4. The van der Waals surface area contributed by atoms with Crippen molar-refractivity contribution in [2.24, 2.45) is 0 Å². The molecule has 9 heteroatoms. The molecule has 0 bridgehead atoms. The second-order valence-electron chi connectivity index (χ2n) is 9.15. The lowest BCUT2D eigenvalue weighted by Crippen LogP contribution is -2.51. The number of likely N-dealkylation sites (N-methyl/N-ethyl adjacent to an activating group) is 1. The Balaban J connectivity index is 1.78. The van der Waals surface area contributed by atoms with Crippen LogP contribution in [0.3, 0.4) is 0 Å². The van der Waals surface area contributed by atoms with Crippen molar-refractivity contribution >= 4 is 21.8 Å². The van der Waals surface area contributed by atoms with Crippen molar-refractivity contribution in [3.8, 4) is 0 Å². The molecule has 0 saturated carbocycles. The Morgan fingerprint density at radius 2 is 1.56 bits per heavy atom. The van der Waals surface area contributed by atoms with Crippen LogP contribution in [0.5, 0.6) is 0 Å². The minimum Gasteiger partial charge on any atom is -0.342 e. The third kappa shape index (κ3) is 7.28. The molecule has 0 atom stereocenters. The fourth-order valence-corrected chi connectivity index (χ4v) is 4.72. The lowest BCUT2D eigenvalue weighted by atomic mass is 9.87. The topological polar surface area (TPSA) is 90.0 Å². The highest BCUT2D eigenvalue weighted by atomic mass is 32.2. The van der Waals surface area contributed by atoms with Gasteiger partial charge in [0.25, 0.3) is 0 Å². The van der Waals surface area contributed by atoms with Crippen LogP contribution < -0.4 is 4.72 Å². The van der Waals surface area contributed by atoms with Crippen LogP contribution in [-0.4, -0.2) is 87.3 Å². The molecule has 1 aliphatic heterocycles. The quantitative estimate of drug-likeness (QED) is 0.598. The van der Waals surface area contributed by atoms with E-state index in [4.69, 9.17) is 0 Å². The van der Waals surface area contributed by atoms with Gasteiger partial charge in [0, 0.05) is 52.2 Å². The molecule has 1 heterocycles. The molecule has 1 aliphatic rings. The molecular formula is C23H38N4O4S. The summed E-state index contributed by atoms with van der Waals surface area (Å²) in [6.07, 6.45) is 0.109. The van der Waals surface area contributed by atoms with Crippen molar-refractivity contribution in [2.75, 3.05) is 52.4 Å². The summed E-state index contributed by atoms with van der Waals surface area (Å²) >= 11 is 0. The average molecular weight is 467 g/mol. The molecule has 0 spiro atoms. The van der Waals surface area contributed by atoms with Gasteiger partial charge in [-0.3, -0.25) is 14.5 Å². The van der Waals surface area contributed by atoms with Crippen molar-refractivity contribution in [2.45, 2.75) is 51.3 Å². The van der Waals surface area contributed by atoms with Crippen LogP contribution in [-0.2, 0) is 25.0 Å². The molecule has 180 valence electrons. The molecule has 0 radical (unpaired) electrons. The molecule has 1 aromatic rings. The van der Waals surface area contributed by atoms with Crippen molar-refractivity contribution in [3.63, 3.8) is 0 Å². The number of nitrogens with one attached hydrogen (secondary N) is 1. The maximum Gasteiger partial charge on any atom is 0.240 e. The Kier molecular flexibility index (Phi) is 9.24. The first-order chi connectivity index (χ1) is 15.0. The van der Waals surface area contributed by atoms with Gasteiger partial charge < -0.3 is 9.80 Å². The fraction of sp³-hybridized carbons (Fsp3) is 0.652. The van der Waals surface area contributed by atoms with Gasteiger partial charge in [0.05, 0.1) is 11.4 Å². The molecule has 2 amide bonds. The van der Waals surface area contributed by atoms with Crippen LogP contribution in [0.4, 0.5) is 0 Å². The average Bonchev–Trinajstić information content (AvgIpc) is 2.74. The van der Waals surface area contributed by atoms with Crippen LogP contribution in [0.15, 0.2) is 29.2 Å². The molecule has 1 aromatic carbocycles. The first-order valence-electron chi connectivity index (χ1n) is 11.4. The van der Waals surface area contributed by atoms with E-state index in [1.807, 2.05) is 26.0 Å². The van der Waals surface area contributed by atoms with E-state index in [0.717, 1.165) is 5.56 Å². The van der Waals surface area contributed by atoms with Crippen molar-refractivity contribution in [1.29, 1.82) is 0 Å². The number of carbonyl (C=O) groups excluding carboxylic acids is 2. The summed E-state index contributed by atoms with van der Waals surface area (Å²) in [6, 6.07) is 6.85. The number of hydrogen-bond donors (Lipinski definition) is 1. The van der Waals surface area contributed by atoms with E-state index in [9.17, 15) is 18.0 Å². The standard InChI is InChI=1S/C23H38N4O4S/c1-6-26(7-2)22(29)18-25-14-16-27(17-15-25)21(28)12-13-24-32(30,31)20-10-8-19(9-11-20)23(3,4)5/h8-11,24H,6-7,12-18H2,1-5H3. The van der Waals surface area contributed by atoms with Gasteiger partial charge in [-0.1, -0.05) is 32.9 Å². The van der Waals surface area contributed by atoms with Gasteiger partial charge in [-0.2, -0.15) is 0 Å². The zero-order valence-corrected chi connectivity index (χ0v) is 20.9. The Morgan fingerprint density at radius 3 is 2.06 bits per heavy atom. The molecule has 1 N–H and O–H groups in total. The van der Waals surface area contributed by atoms with Gasteiger partial charge in [0.2, 0.25) is 21.8 Å². The second kappa shape index (κ2) is 11.2. The van der Waals surface area contributed by atoms with Gasteiger partial charge in [-0.25, -0.2) is 13.1 Å². The lowest BCUT2D eigenvalue weighted by Gasteiger charge is -2.35. The van der Waals surface area contributed by atoms with Crippen LogP contribution >= 0.6 is 0 Å². The summed E-state index contributed by atoms with van der Waals surface area (Å²) in [5.74, 6) is 0.0326. The zero-order valence-electron chi connectivity index (χ0n) is 20.1. The Bertz CT molecular complexity index is 866. The summed E-state index contributed by atoms with van der Waals surface area (Å²) in [4.78, 5) is 30.6. The Hall–Kier alpha value is -1.97. The van der Waals surface area contributed by atoms with E-state index in [1.165, 1.54) is 0 Å². The SMILES string of the molecule is CCN(CC)C(=O)CN1CCN(C(=O)CCNS(=O)(=O)c2ccc(C(C)(C)C)cc2)CC1. The fourth-order valence-electron chi connectivity index (χ4n) is 3.69. The molecule has 32 heavy (non-hydrogen) atoms. The monoisotopic (exact) mass is 466 g/mol. The molecule has 0 aliphatic carbocycles. The van der Waals surface area contributed by atoms with Gasteiger partial charge in [-0.05, 0) is 37.0 Å². The molecule has 0 aromatic heterocycles. The minimum atomic E-state index is -3.66.